The third kappa shape index (κ3) is 5.14. The summed E-state index contributed by atoms with van der Waals surface area (Å²) >= 11 is 1.67. The molecule has 25 heavy (non-hydrogen) atoms. The molecule has 0 fully saturated rings. The van der Waals surface area contributed by atoms with E-state index in [1.165, 1.54) is 17.0 Å². The largest absolute Gasteiger partial charge is 0.350 e. The Morgan fingerprint density at radius 1 is 1.20 bits per heavy atom. The van der Waals surface area contributed by atoms with Crippen molar-refractivity contribution in [3.8, 4) is 0 Å². The number of benzene rings is 1. The zero-order chi connectivity index (χ0) is 18.4. The molecule has 1 amide bonds. The number of carbonyl (C=O) groups excluding carboxylic acids is 1. The molecule has 0 aliphatic carbocycles. The fourth-order valence-corrected chi connectivity index (χ4v) is 4.24. The summed E-state index contributed by atoms with van der Waals surface area (Å²) in [7, 11) is -3.33. The van der Waals surface area contributed by atoms with Gasteiger partial charge in [0, 0.05) is 23.2 Å². The molecule has 1 heterocycles. The normalized spacial score (nSPS) is 13.0. The maximum absolute atomic E-state index is 12.5. The van der Waals surface area contributed by atoms with E-state index >= 15 is 0 Å². The minimum Gasteiger partial charge on any atom is -0.350 e. The summed E-state index contributed by atoms with van der Waals surface area (Å²) in [6.07, 6.45) is 1.14. The van der Waals surface area contributed by atoms with Crippen molar-refractivity contribution in [2.24, 2.45) is 0 Å². The minimum atomic E-state index is -3.33. The van der Waals surface area contributed by atoms with E-state index in [-0.39, 0.29) is 16.8 Å². The van der Waals surface area contributed by atoms with Crippen LogP contribution in [0.3, 0.4) is 0 Å². The molecule has 136 valence electrons. The first-order chi connectivity index (χ1) is 11.9. The summed E-state index contributed by atoms with van der Waals surface area (Å²) in [6.45, 7) is 6.45. The molecule has 2 rings (SSSR count). The average molecular weight is 381 g/mol. The maximum Gasteiger partial charge on any atom is 0.251 e. The predicted molar refractivity (Wildman–Crippen MR) is 102 cm³/mol. The third-order valence-electron chi connectivity index (χ3n) is 4.11. The Morgan fingerprint density at radius 3 is 2.48 bits per heavy atom. The van der Waals surface area contributed by atoms with Crippen molar-refractivity contribution in [3.05, 3.63) is 52.2 Å². The molecule has 1 atom stereocenters. The molecule has 0 spiro atoms. The van der Waals surface area contributed by atoms with Crippen molar-refractivity contribution in [1.29, 1.82) is 0 Å². The lowest BCUT2D eigenvalue weighted by Gasteiger charge is -2.29. The second kappa shape index (κ2) is 8.60. The highest BCUT2D eigenvalue weighted by atomic mass is 32.2. The van der Waals surface area contributed by atoms with Crippen LogP contribution in [0.4, 0.5) is 0 Å². The smallest absolute Gasteiger partial charge is 0.251 e. The Hall–Kier alpha value is -1.70. The predicted octanol–water partition coefficient (Wildman–Crippen LogP) is 2.96. The summed E-state index contributed by atoms with van der Waals surface area (Å²) in [5.74, 6) is -0.265. The van der Waals surface area contributed by atoms with Crippen LogP contribution in [0.15, 0.2) is 46.7 Å². The summed E-state index contributed by atoms with van der Waals surface area (Å²) in [5, 5.41) is 4.98. The number of rotatable bonds is 8. The fourth-order valence-electron chi connectivity index (χ4n) is 2.71. The first-order valence-corrected chi connectivity index (χ1v) is 11.0. The van der Waals surface area contributed by atoms with Gasteiger partial charge in [-0.05, 0) is 42.7 Å². The summed E-state index contributed by atoms with van der Waals surface area (Å²) in [4.78, 5) is 16.1. The molecular weight excluding hydrogens is 356 g/mol. The van der Waals surface area contributed by atoms with E-state index in [9.17, 15) is 13.2 Å². The van der Waals surface area contributed by atoms with Gasteiger partial charge in [0.15, 0.2) is 9.84 Å². The van der Waals surface area contributed by atoms with Crippen LogP contribution in [-0.4, -0.2) is 45.1 Å². The van der Waals surface area contributed by atoms with Gasteiger partial charge in [-0.2, -0.15) is 0 Å². The number of hydrogen-bond donors (Lipinski definition) is 1. The maximum atomic E-state index is 12.5. The van der Waals surface area contributed by atoms with Crippen molar-refractivity contribution in [2.45, 2.75) is 24.8 Å². The molecule has 5 nitrogen and oxygen atoms in total. The van der Waals surface area contributed by atoms with Gasteiger partial charge in [-0.15, -0.1) is 11.3 Å². The van der Waals surface area contributed by atoms with Gasteiger partial charge in [0.25, 0.3) is 5.91 Å². The Labute approximate surface area is 153 Å². The molecule has 7 heteroatoms. The number of carbonyl (C=O) groups is 1. The number of amides is 1. The molecule has 2 aromatic rings. The lowest BCUT2D eigenvalue weighted by atomic mass is 10.1. The fraction of sp³-hybridized carbons (Fsp3) is 0.389. The zero-order valence-corrected chi connectivity index (χ0v) is 16.4. The number of hydrogen-bond acceptors (Lipinski definition) is 5. The molecule has 1 unspecified atom stereocenters. The molecule has 0 aliphatic heterocycles. The minimum absolute atomic E-state index is 0.108. The highest BCUT2D eigenvalue weighted by Crippen LogP contribution is 2.24. The van der Waals surface area contributed by atoms with Gasteiger partial charge in [-0.25, -0.2) is 8.42 Å². The monoisotopic (exact) mass is 380 g/mol. The van der Waals surface area contributed by atoms with E-state index in [2.05, 4.69) is 30.1 Å². The highest BCUT2D eigenvalue weighted by molar-refractivity contribution is 7.90. The molecule has 1 aromatic heterocycles. The van der Waals surface area contributed by atoms with Gasteiger partial charge >= 0.3 is 0 Å². The third-order valence-corrected chi connectivity index (χ3v) is 6.19. The molecule has 0 aliphatic rings. The number of nitrogens with zero attached hydrogens (tertiary/aromatic N) is 1. The molecule has 0 saturated heterocycles. The van der Waals surface area contributed by atoms with E-state index in [0.29, 0.717) is 12.1 Å². The van der Waals surface area contributed by atoms with Crippen LogP contribution < -0.4 is 5.32 Å². The lowest BCUT2D eigenvalue weighted by Crippen LogP contribution is -2.37. The van der Waals surface area contributed by atoms with Crippen molar-refractivity contribution >= 4 is 27.1 Å². The summed E-state index contributed by atoms with van der Waals surface area (Å²) in [5.41, 5.74) is 0.354. The van der Waals surface area contributed by atoms with Gasteiger partial charge in [0.1, 0.15) is 0 Å². The van der Waals surface area contributed by atoms with E-state index < -0.39 is 9.84 Å². The Kier molecular flexibility index (Phi) is 6.75. The molecule has 1 N–H and O–H groups in total. The van der Waals surface area contributed by atoms with Gasteiger partial charge in [0.2, 0.25) is 0 Å². The van der Waals surface area contributed by atoms with Crippen LogP contribution >= 0.6 is 11.3 Å². The average Bonchev–Trinajstić information content (AvgIpc) is 3.12. The number of likely N-dealkylation sites (N-methyl/N-ethyl adjacent to an activating group) is 1. The quantitative estimate of drug-likeness (QED) is 0.765. The van der Waals surface area contributed by atoms with Crippen molar-refractivity contribution in [3.63, 3.8) is 0 Å². The number of thiophene rings is 1. The van der Waals surface area contributed by atoms with Crippen LogP contribution in [0, 0.1) is 0 Å². The molecular formula is C18H24N2O3S2. The van der Waals surface area contributed by atoms with Gasteiger partial charge in [-0.3, -0.25) is 9.69 Å². The zero-order valence-electron chi connectivity index (χ0n) is 14.7. The standard InChI is InChI=1S/C18H24N2O3S2/c1-4-20(5-2)16(17-10-7-11-24-17)13-19-18(21)14-8-6-9-15(12-14)25(3,22)23/h6-12,16H,4-5,13H2,1-3H3,(H,19,21). The van der Waals surface area contributed by atoms with Gasteiger partial charge < -0.3 is 5.32 Å². The van der Waals surface area contributed by atoms with Crippen LogP contribution in [0.5, 0.6) is 0 Å². The summed E-state index contributed by atoms with van der Waals surface area (Å²) in [6, 6.07) is 10.3. The van der Waals surface area contributed by atoms with Crippen molar-refractivity contribution in [1.82, 2.24) is 10.2 Å². The topological polar surface area (TPSA) is 66.5 Å². The Bertz CT molecular complexity index is 797. The molecule has 0 saturated carbocycles. The lowest BCUT2D eigenvalue weighted by molar-refractivity contribution is 0.0935. The Morgan fingerprint density at radius 2 is 1.92 bits per heavy atom. The SMILES string of the molecule is CCN(CC)C(CNC(=O)c1cccc(S(C)(=O)=O)c1)c1cccs1. The van der Waals surface area contributed by atoms with Gasteiger partial charge in [0.05, 0.1) is 10.9 Å². The highest BCUT2D eigenvalue weighted by Gasteiger charge is 2.20. The molecule has 0 bridgehead atoms. The van der Waals surface area contributed by atoms with Crippen molar-refractivity contribution < 1.29 is 13.2 Å². The first kappa shape index (κ1) is 19.6. The van der Waals surface area contributed by atoms with Crippen molar-refractivity contribution in [2.75, 3.05) is 25.9 Å². The summed E-state index contributed by atoms with van der Waals surface area (Å²) < 4.78 is 23.3. The van der Waals surface area contributed by atoms with Crippen LogP contribution in [-0.2, 0) is 9.84 Å². The number of nitrogens with one attached hydrogen (secondary N) is 1. The second-order valence-electron chi connectivity index (χ2n) is 5.76. The Balaban J connectivity index is 2.14. The number of sulfone groups is 1. The van der Waals surface area contributed by atoms with E-state index in [1.54, 1.807) is 23.5 Å². The van der Waals surface area contributed by atoms with Gasteiger partial charge in [-0.1, -0.05) is 26.0 Å². The first-order valence-electron chi connectivity index (χ1n) is 8.22. The van der Waals surface area contributed by atoms with Crippen LogP contribution in [0.2, 0.25) is 0 Å². The van der Waals surface area contributed by atoms with Crippen LogP contribution in [0.1, 0.15) is 35.1 Å². The van der Waals surface area contributed by atoms with Crippen LogP contribution in [0.25, 0.3) is 0 Å². The van der Waals surface area contributed by atoms with E-state index in [1.807, 2.05) is 11.4 Å². The van der Waals surface area contributed by atoms with E-state index in [4.69, 9.17) is 0 Å². The second-order valence-corrected chi connectivity index (χ2v) is 8.76. The van der Waals surface area contributed by atoms with E-state index in [0.717, 1.165) is 19.3 Å². The molecule has 1 aromatic carbocycles. The molecule has 0 radical (unpaired) electrons.